The van der Waals surface area contributed by atoms with Crippen molar-refractivity contribution in [1.29, 1.82) is 0 Å². The van der Waals surface area contributed by atoms with E-state index in [0.29, 0.717) is 11.8 Å². The van der Waals surface area contributed by atoms with E-state index in [1.165, 1.54) is 0 Å². The number of halogens is 2. The van der Waals surface area contributed by atoms with Gasteiger partial charge in [-0.25, -0.2) is 14.6 Å². The van der Waals surface area contributed by atoms with E-state index >= 15 is 0 Å². The number of nitrogens with two attached hydrogens (primary N) is 1. The molecule has 0 aliphatic carbocycles. The maximum atomic E-state index is 13.5. The van der Waals surface area contributed by atoms with Crippen molar-refractivity contribution in [2.45, 2.75) is 13.3 Å². The zero-order valence-corrected chi connectivity index (χ0v) is 10.3. The number of hydrogen-bond acceptors (Lipinski definition) is 4. The van der Waals surface area contributed by atoms with Gasteiger partial charge >= 0.3 is 0 Å². The Labute approximate surface area is 109 Å². The van der Waals surface area contributed by atoms with Crippen LogP contribution < -0.4 is 16.0 Å². The predicted octanol–water partition coefficient (Wildman–Crippen LogP) is 3.00. The molecule has 0 fully saturated rings. The minimum Gasteiger partial charge on any atom is -0.436 e. The standard InChI is InChI=1S/C13H13F2N3O/c1-2-8-4-3-5-9(6-8)19-13-11(15)7-10(14)12(17-13)18-16/h3-7H,2,16H2,1H3,(H,17,18). The molecule has 0 spiro atoms. The number of aryl methyl sites for hydroxylation is 1. The molecule has 100 valence electrons. The molecule has 19 heavy (non-hydrogen) atoms. The van der Waals surface area contributed by atoms with E-state index in [4.69, 9.17) is 10.6 Å². The lowest BCUT2D eigenvalue weighted by atomic mass is 10.2. The zero-order valence-electron chi connectivity index (χ0n) is 10.3. The first-order valence-electron chi connectivity index (χ1n) is 5.73. The van der Waals surface area contributed by atoms with Gasteiger partial charge in [0.25, 0.3) is 5.88 Å². The van der Waals surface area contributed by atoms with Crippen LogP contribution in [0.4, 0.5) is 14.6 Å². The highest BCUT2D eigenvalue weighted by atomic mass is 19.1. The fourth-order valence-electron chi connectivity index (χ4n) is 1.56. The fraction of sp³-hybridized carbons (Fsp3) is 0.154. The highest BCUT2D eigenvalue weighted by Gasteiger charge is 2.13. The Bertz CT molecular complexity index is 590. The van der Waals surface area contributed by atoms with Crippen molar-refractivity contribution in [2.75, 3.05) is 5.43 Å². The molecule has 0 aliphatic heterocycles. The molecular formula is C13H13F2N3O. The summed E-state index contributed by atoms with van der Waals surface area (Å²) in [6.07, 6.45) is 0.826. The van der Waals surface area contributed by atoms with Crippen LogP contribution in [0, 0.1) is 11.6 Å². The highest BCUT2D eigenvalue weighted by Crippen LogP contribution is 2.26. The molecule has 0 radical (unpaired) electrons. The summed E-state index contributed by atoms with van der Waals surface area (Å²) in [6.45, 7) is 1.99. The quantitative estimate of drug-likeness (QED) is 0.659. The number of nitrogen functional groups attached to an aromatic ring is 1. The van der Waals surface area contributed by atoms with Gasteiger partial charge < -0.3 is 10.2 Å². The number of ether oxygens (including phenoxy) is 1. The van der Waals surface area contributed by atoms with Crippen molar-refractivity contribution in [1.82, 2.24) is 4.98 Å². The molecule has 0 unspecified atom stereocenters. The molecule has 2 aromatic rings. The first-order chi connectivity index (χ1) is 9.13. The molecule has 2 rings (SSSR count). The number of benzene rings is 1. The Morgan fingerprint density at radius 3 is 2.74 bits per heavy atom. The fourth-order valence-corrected chi connectivity index (χ4v) is 1.56. The molecule has 4 nitrogen and oxygen atoms in total. The number of hydrazine groups is 1. The number of anilines is 1. The van der Waals surface area contributed by atoms with E-state index in [1.807, 2.05) is 18.4 Å². The monoisotopic (exact) mass is 265 g/mol. The van der Waals surface area contributed by atoms with Gasteiger partial charge in [-0.3, -0.25) is 0 Å². The van der Waals surface area contributed by atoms with Crippen molar-refractivity contribution in [3.63, 3.8) is 0 Å². The van der Waals surface area contributed by atoms with E-state index in [0.717, 1.165) is 12.0 Å². The Morgan fingerprint density at radius 1 is 1.26 bits per heavy atom. The normalized spacial score (nSPS) is 10.3. The largest absolute Gasteiger partial charge is 0.436 e. The third kappa shape index (κ3) is 2.97. The number of hydrogen-bond donors (Lipinski definition) is 2. The first kappa shape index (κ1) is 13.2. The van der Waals surface area contributed by atoms with Crippen LogP contribution in [0.25, 0.3) is 0 Å². The van der Waals surface area contributed by atoms with Crippen LogP contribution in [0.15, 0.2) is 30.3 Å². The maximum absolute atomic E-state index is 13.5. The van der Waals surface area contributed by atoms with Crippen LogP contribution in [0.2, 0.25) is 0 Å². The average Bonchev–Trinajstić information content (AvgIpc) is 2.42. The molecule has 0 bridgehead atoms. The minimum atomic E-state index is -0.890. The molecule has 3 N–H and O–H groups in total. The lowest BCUT2D eigenvalue weighted by Gasteiger charge is -2.09. The molecular weight excluding hydrogens is 252 g/mol. The molecule has 0 saturated heterocycles. The average molecular weight is 265 g/mol. The second-order valence-corrected chi connectivity index (χ2v) is 3.85. The number of pyridine rings is 1. The second kappa shape index (κ2) is 5.62. The van der Waals surface area contributed by atoms with Gasteiger partial charge in [0.1, 0.15) is 5.75 Å². The molecule has 0 saturated carbocycles. The predicted molar refractivity (Wildman–Crippen MR) is 67.9 cm³/mol. The number of rotatable bonds is 4. The van der Waals surface area contributed by atoms with Gasteiger partial charge in [-0.1, -0.05) is 19.1 Å². The second-order valence-electron chi connectivity index (χ2n) is 3.85. The van der Waals surface area contributed by atoms with Crippen molar-refractivity contribution >= 4 is 5.82 Å². The highest BCUT2D eigenvalue weighted by molar-refractivity contribution is 5.40. The van der Waals surface area contributed by atoms with E-state index in [2.05, 4.69) is 4.98 Å². The number of aromatic nitrogens is 1. The lowest BCUT2D eigenvalue weighted by Crippen LogP contribution is -2.11. The Balaban J connectivity index is 2.32. The SMILES string of the molecule is CCc1cccc(Oc2nc(NN)c(F)cc2F)c1. The summed E-state index contributed by atoms with van der Waals surface area (Å²) in [4.78, 5) is 3.63. The Kier molecular flexibility index (Phi) is 3.91. The summed E-state index contributed by atoms with van der Waals surface area (Å²) in [6, 6.07) is 7.81. The van der Waals surface area contributed by atoms with E-state index in [1.54, 1.807) is 18.2 Å². The summed E-state index contributed by atoms with van der Waals surface area (Å²) in [5.41, 5.74) is 3.08. The number of nitrogens with one attached hydrogen (secondary N) is 1. The van der Waals surface area contributed by atoms with Crippen molar-refractivity contribution in [3.05, 3.63) is 47.5 Å². The van der Waals surface area contributed by atoms with Crippen LogP contribution >= 0.6 is 0 Å². The van der Waals surface area contributed by atoms with Crippen LogP contribution in [-0.4, -0.2) is 4.98 Å². The summed E-state index contributed by atoms with van der Waals surface area (Å²) < 4.78 is 32.0. The Hall–Kier alpha value is -2.21. The van der Waals surface area contributed by atoms with E-state index in [9.17, 15) is 8.78 Å². The third-order valence-electron chi connectivity index (χ3n) is 2.56. The molecule has 0 aliphatic rings. The van der Waals surface area contributed by atoms with Gasteiger partial charge in [0.2, 0.25) is 0 Å². The number of nitrogens with zero attached hydrogens (tertiary/aromatic N) is 1. The van der Waals surface area contributed by atoms with Gasteiger partial charge in [0.05, 0.1) is 0 Å². The van der Waals surface area contributed by atoms with Gasteiger partial charge in [0.15, 0.2) is 17.5 Å². The van der Waals surface area contributed by atoms with Crippen LogP contribution in [0.1, 0.15) is 12.5 Å². The van der Waals surface area contributed by atoms with Crippen LogP contribution in [0.5, 0.6) is 11.6 Å². The van der Waals surface area contributed by atoms with Crippen LogP contribution in [0.3, 0.4) is 0 Å². The van der Waals surface area contributed by atoms with Crippen LogP contribution in [-0.2, 0) is 6.42 Å². The smallest absolute Gasteiger partial charge is 0.258 e. The van der Waals surface area contributed by atoms with Crippen molar-refractivity contribution in [3.8, 4) is 11.6 Å². The summed E-state index contributed by atoms with van der Waals surface area (Å²) in [5.74, 6) is 3.13. The first-order valence-corrected chi connectivity index (χ1v) is 5.73. The third-order valence-corrected chi connectivity index (χ3v) is 2.56. The van der Waals surface area contributed by atoms with Gasteiger partial charge in [-0.05, 0) is 24.1 Å². The lowest BCUT2D eigenvalue weighted by molar-refractivity contribution is 0.417. The zero-order chi connectivity index (χ0) is 13.8. The molecule has 6 heteroatoms. The molecule has 1 aromatic heterocycles. The topological polar surface area (TPSA) is 60.2 Å². The van der Waals surface area contributed by atoms with E-state index < -0.39 is 11.6 Å². The molecule has 0 amide bonds. The summed E-state index contributed by atoms with van der Waals surface area (Å²) in [7, 11) is 0. The minimum absolute atomic E-state index is 0.275. The maximum Gasteiger partial charge on any atom is 0.258 e. The van der Waals surface area contributed by atoms with Gasteiger partial charge in [-0.2, -0.15) is 4.98 Å². The summed E-state index contributed by atoms with van der Waals surface area (Å²) >= 11 is 0. The molecule has 0 atom stereocenters. The Morgan fingerprint density at radius 2 is 2.05 bits per heavy atom. The molecule has 1 aromatic carbocycles. The summed E-state index contributed by atoms with van der Waals surface area (Å²) in [5, 5.41) is 0. The van der Waals surface area contributed by atoms with Gasteiger partial charge in [-0.15, -0.1) is 0 Å². The van der Waals surface area contributed by atoms with Crippen molar-refractivity contribution < 1.29 is 13.5 Å². The van der Waals surface area contributed by atoms with E-state index in [-0.39, 0.29) is 11.7 Å². The van der Waals surface area contributed by atoms with Crippen molar-refractivity contribution in [2.24, 2.45) is 5.84 Å². The molecule has 1 heterocycles. The van der Waals surface area contributed by atoms with Gasteiger partial charge in [0, 0.05) is 6.07 Å².